The van der Waals surface area contributed by atoms with Crippen molar-refractivity contribution in [2.75, 3.05) is 0 Å². The molecule has 5 heteroatoms. The SMILES string of the molecule is Cc1cc(C(=O)O)cc(C)c1OCc1cncc(Br)c1. The van der Waals surface area contributed by atoms with Crippen molar-refractivity contribution in [3.8, 4) is 5.75 Å². The highest BCUT2D eigenvalue weighted by molar-refractivity contribution is 9.10. The van der Waals surface area contributed by atoms with Gasteiger partial charge in [0.05, 0.1) is 5.56 Å². The van der Waals surface area contributed by atoms with Crippen LogP contribution in [-0.4, -0.2) is 16.1 Å². The van der Waals surface area contributed by atoms with Crippen LogP contribution in [0.3, 0.4) is 0 Å². The number of ether oxygens (including phenoxy) is 1. The van der Waals surface area contributed by atoms with Gasteiger partial charge in [0.2, 0.25) is 0 Å². The number of carbonyl (C=O) groups is 1. The molecule has 0 amide bonds. The number of benzene rings is 1. The molecule has 1 aromatic carbocycles. The van der Waals surface area contributed by atoms with Crippen molar-refractivity contribution >= 4 is 21.9 Å². The Hall–Kier alpha value is -1.88. The molecule has 0 saturated heterocycles. The van der Waals surface area contributed by atoms with Crippen LogP contribution in [0.1, 0.15) is 27.0 Å². The maximum absolute atomic E-state index is 11.0. The molecule has 104 valence electrons. The van der Waals surface area contributed by atoms with Gasteiger partial charge in [-0.2, -0.15) is 0 Å². The Kier molecular flexibility index (Phi) is 4.39. The van der Waals surface area contributed by atoms with Crippen LogP contribution in [-0.2, 0) is 6.61 Å². The quantitative estimate of drug-likeness (QED) is 0.924. The molecule has 1 aromatic heterocycles. The van der Waals surface area contributed by atoms with Gasteiger partial charge in [0.1, 0.15) is 12.4 Å². The van der Waals surface area contributed by atoms with Crippen LogP contribution in [0, 0.1) is 13.8 Å². The van der Waals surface area contributed by atoms with Crippen molar-refractivity contribution in [2.24, 2.45) is 0 Å². The third-order valence-electron chi connectivity index (χ3n) is 2.85. The van der Waals surface area contributed by atoms with Gasteiger partial charge in [0.15, 0.2) is 0 Å². The van der Waals surface area contributed by atoms with Crippen molar-refractivity contribution in [1.29, 1.82) is 0 Å². The van der Waals surface area contributed by atoms with Crippen LogP contribution in [0.4, 0.5) is 0 Å². The molecule has 0 spiro atoms. The molecular formula is C15H14BrNO3. The van der Waals surface area contributed by atoms with E-state index in [4.69, 9.17) is 9.84 Å². The molecule has 1 N–H and O–H groups in total. The lowest BCUT2D eigenvalue weighted by molar-refractivity contribution is 0.0696. The van der Waals surface area contributed by atoms with Crippen molar-refractivity contribution in [3.63, 3.8) is 0 Å². The molecule has 0 bridgehead atoms. The van der Waals surface area contributed by atoms with E-state index in [-0.39, 0.29) is 5.56 Å². The van der Waals surface area contributed by atoms with Gasteiger partial charge in [-0.1, -0.05) is 0 Å². The maximum Gasteiger partial charge on any atom is 0.335 e. The minimum absolute atomic E-state index is 0.275. The number of halogens is 1. The van der Waals surface area contributed by atoms with E-state index in [2.05, 4.69) is 20.9 Å². The van der Waals surface area contributed by atoms with Gasteiger partial charge in [0, 0.05) is 22.4 Å². The third-order valence-corrected chi connectivity index (χ3v) is 3.29. The van der Waals surface area contributed by atoms with Gasteiger partial charge in [-0.15, -0.1) is 0 Å². The molecule has 2 aromatic rings. The van der Waals surface area contributed by atoms with Crippen LogP contribution in [0.25, 0.3) is 0 Å². The highest BCUT2D eigenvalue weighted by Crippen LogP contribution is 2.26. The molecule has 0 fully saturated rings. The smallest absolute Gasteiger partial charge is 0.335 e. The summed E-state index contributed by atoms with van der Waals surface area (Å²) >= 11 is 3.36. The Morgan fingerprint density at radius 1 is 1.25 bits per heavy atom. The largest absolute Gasteiger partial charge is 0.488 e. The van der Waals surface area contributed by atoms with Crippen LogP contribution >= 0.6 is 15.9 Å². The molecule has 0 aliphatic rings. The number of rotatable bonds is 4. The summed E-state index contributed by atoms with van der Waals surface area (Å²) in [5, 5.41) is 9.01. The number of aromatic carboxylic acids is 1. The Bertz CT molecular complexity index is 632. The highest BCUT2D eigenvalue weighted by atomic mass is 79.9. The molecule has 4 nitrogen and oxygen atoms in total. The Morgan fingerprint density at radius 3 is 2.45 bits per heavy atom. The number of carboxylic acids is 1. The fraction of sp³-hybridized carbons (Fsp3) is 0.200. The highest BCUT2D eigenvalue weighted by Gasteiger charge is 2.10. The summed E-state index contributed by atoms with van der Waals surface area (Å²) in [6.07, 6.45) is 3.45. The third kappa shape index (κ3) is 3.36. The first-order valence-electron chi connectivity index (χ1n) is 6.04. The predicted molar refractivity (Wildman–Crippen MR) is 79.1 cm³/mol. The van der Waals surface area contributed by atoms with E-state index in [1.807, 2.05) is 19.9 Å². The minimum Gasteiger partial charge on any atom is -0.488 e. The van der Waals surface area contributed by atoms with Gasteiger partial charge >= 0.3 is 5.97 Å². The fourth-order valence-electron chi connectivity index (χ4n) is 1.99. The monoisotopic (exact) mass is 335 g/mol. The molecule has 0 atom stereocenters. The molecule has 1 heterocycles. The average Bonchev–Trinajstić information content (AvgIpc) is 2.37. The fourth-order valence-corrected chi connectivity index (χ4v) is 2.40. The molecule has 2 rings (SSSR count). The zero-order valence-electron chi connectivity index (χ0n) is 11.2. The minimum atomic E-state index is -0.932. The predicted octanol–water partition coefficient (Wildman–Crippen LogP) is 3.74. The zero-order valence-corrected chi connectivity index (χ0v) is 12.8. The Labute approximate surface area is 125 Å². The number of nitrogens with zero attached hydrogens (tertiary/aromatic N) is 1. The van der Waals surface area contributed by atoms with E-state index in [1.165, 1.54) is 0 Å². The summed E-state index contributed by atoms with van der Waals surface area (Å²) in [6.45, 7) is 4.07. The summed E-state index contributed by atoms with van der Waals surface area (Å²) in [4.78, 5) is 15.1. The van der Waals surface area contributed by atoms with E-state index < -0.39 is 5.97 Å². The molecule has 0 radical (unpaired) electrons. The summed E-state index contributed by atoms with van der Waals surface area (Å²) in [7, 11) is 0. The van der Waals surface area contributed by atoms with Crippen molar-refractivity contribution in [2.45, 2.75) is 20.5 Å². The summed E-state index contributed by atoms with van der Waals surface area (Å²) in [5.41, 5.74) is 2.84. The van der Waals surface area contributed by atoms with Crippen molar-refractivity contribution < 1.29 is 14.6 Å². The molecule has 0 aliphatic heterocycles. The lowest BCUT2D eigenvalue weighted by Crippen LogP contribution is -2.03. The second-order valence-electron chi connectivity index (χ2n) is 4.54. The molecule has 0 aliphatic carbocycles. The van der Waals surface area contributed by atoms with Gasteiger partial charge in [-0.05, 0) is 59.1 Å². The lowest BCUT2D eigenvalue weighted by atomic mass is 10.1. The Morgan fingerprint density at radius 2 is 1.90 bits per heavy atom. The van der Waals surface area contributed by atoms with E-state index in [0.29, 0.717) is 6.61 Å². The summed E-state index contributed by atoms with van der Waals surface area (Å²) in [6, 6.07) is 5.16. The number of hydrogen-bond acceptors (Lipinski definition) is 3. The molecule has 20 heavy (non-hydrogen) atoms. The van der Waals surface area contributed by atoms with E-state index in [1.54, 1.807) is 24.5 Å². The normalized spacial score (nSPS) is 10.3. The first kappa shape index (κ1) is 14.5. The molecular weight excluding hydrogens is 322 g/mol. The van der Waals surface area contributed by atoms with Gasteiger partial charge in [0.25, 0.3) is 0 Å². The van der Waals surface area contributed by atoms with Crippen molar-refractivity contribution in [3.05, 3.63) is 57.3 Å². The Balaban J connectivity index is 2.20. The average molecular weight is 336 g/mol. The van der Waals surface area contributed by atoms with E-state index >= 15 is 0 Å². The van der Waals surface area contributed by atoms with Gasteiger partial charge in [-0.3, -0.25) is 4.98 Å². The van der Waals surface area contributed by atoms with Crippen LogP contribution < -0.4 is 4.74 Å². The maximum atomic E-state index is 11.0. The van der Waals surface area contributed by atoms with Crippen LogP contribution in [0.2, 0.25) is 0 Å². The topological polar surface area (TPSA) is 59.4 Å². The van der Waals surface area contributed by atoms with Crippen molar-refractivity contribution in [1.82, 2.24) is 4.98 Å². The van der Waals surface area contributed by atoms with Gasteiger partial charge in [-0.25, -0.2) is 4.79 Å². The first-order valence-corrected chi connectivity index (χ1v) is 6.83. The summed E-state index contributed by atoms with van der Waals surface area (Å²) < 4.78 is 6.69. The number of aromatic nitrogens is 1. The summed E-state index contributed by atoms with van der Waals surface area (Å²) in [5.74, 6) is -0.214. The number of carboxylic acid groups (broad SMARTS) is 1. The lowest BCUT2D eigenvalue weighted by Gasteiger charge is -2.13. The second kappa shape index (κ2) is 6.05. The van der Waals surface area contributed by atoms with E-state index in [9.17, 15) is 4.79 Å². The second-order valence-corrected chi connectivity index (χ2v) is 5.46. The number of pyridine rings is 1. The number of hydrogen-bond donors (Lipinski definition) is 1. The molecule has 0 saturated carbocycles. The standard InChI is InChI=1S/C15H14BrNO3/c1-9-3-12(15(18)19)4-10(2)14(9)20-8-11-5-13(16)7-17-6-11/h3-7H,8H2,1-2H3,(H,18,19). The van der Waals surface area contributed by atoms with E-state index in [0.717, 1.165) is 26.9 Å². The molecule has 0 unspecified atom stereocenters. The number of aryl methyl sites for hydroxylation is 2. The van der Waals surface area contributed by atoms with Crippen LogP contribution in [0.5, 0.6) is 5.75 Å². The van der Waals surface area contributed by atoms with Crippen LogP contribution in [0.15, 0.2) is 35.1 Å². The first-order chi connectivity index (χ1) is 9.47. The van der Waals surface area contributed by atoms with Gasteiger partial charge < -0.3 is 9.84 Å². The zero-order chi connectivity index (χ0) is 14.7.